The van der Waals surface area contributed by atoms with Crippen LogP contribution in [0.1, 0.15) is 17.0 Å². The number of nitrogens with zero attached hydrogens (tertiary/aromatic N) is 2. The summed E-state index contributed by atoms with van der Waals surface area (Å²) in [6, 6.07) is 4.29. The van der Waals surface area contributed by atoms with E-state index in [1.807, 2.05) is 18.7 Å². The smallest absolute Gasteiger partial charge is 0.124 e. The summed E-state index contributed by atoms with van der Waals surface area (Å²) >= 11 is 9.55. The minimum Gasteiger partial charge on any atom is -0.327 e. The van der Waals surface area contributed by atoms with E-state index in [1.54, 1.807) is 6.07 Å². The molecule has 2 aromatic rings. The second-order valence-corrected chi connectivity index (χ2v) is 6.07. The Morgan fingerprint density at radius 1 is 1.45 bits per heavy atom. The lowest BCUT2D eigenvalue weighted by Crippen LogP contribution is -2.27. The van der Waals surface area contributed by atoms with Crippen molar-refractivity contribution in [3.05, 3.63) is 50.5 Å². The van der Waals surface area contributed by atoms with Crippen molar-refractivity contribution in [1.82, 2.24) is 9.78 Å². The van der Waals surface area contributed by atoms with Crippen LogP contribution in [0.15, 0.2) is 22.7 Å². The molecule has 0 aliphatic heterocycles. The fourth-order valence-corrected chi connectivity index (χ4v) is 2.93. The highest BCUT2D eigenvalue weighted by atomic mass is 79.9. The topological polar surface area (TPSA) is 43.8 Å². The second-order valence-electron chi connectivity index (χ2n) is 4.87. The van der Waals surface area contributed by atoms with Gasteiger partial charge in [0.15, 0.2) is 0 Å². The highest BCUT2D eigenvalue weighted by molar-refractivity contribution is 9.10. The molecule has 0 bridgehead atoms. The summed E-state index contributed by atoms with van der Waals surface area (Å²) in [5.41, 5.74) is 9.02. The van der Waals surface area contributed by atoms with Crippen LogP contribution in [0.5, 0.6) is 0 Å². The third-order valence-electron chi connectivity index (χ3n) is 3.21. The van der Waals surface area contributed by atoms with Gasteiger partial charge in [-0.2, -0.15) is 5.10 Å². The molecular weight excluding hydrogens is 345 g/mol. The van der Waals surface area contributed by atoms with E-state index < -0.39 is 0 Å². The fraction of sp³-hybridized carbons (Fsp3) is 0.357. The number of nitrogens with two attached hydrogens (primary N) is 1. The van der Waals surface area contributed by atoms with Gasteiger partial charge < -0.3 is 5.73 Å². The van der Waals surface area contributed by atoms with Gasteiger partial charge in [0.25, 0.3) is 0 Å². The molecule has 0 saturated carbocycles. The maximum atomic E-state index is 13.0. The minimum atomic E-state index is -0.336. The Hall–Kier alpha value is -0.910. The van der Waals surface area contributed by atoms with E-state index in [0.29, 0.717) is 17.9 Å². The van der Waals surface area contributed by atoms with Crippen LogP contribution in [-0.4, -0.2) is 15.8 Å². The van der Waals surface area contributed by atoms with E-state index in [1.165, 1.54) is 12.1 Å². The van der Waals surface area contributed by atoms with Crippen molar-refractivity contribution in [2.45, 2.75) is 25.8 Å². The lowest BCUT2D eigenvalue weighted by Gasteiger charge is -2.13. The van der Waals surface area contributed by atoms with Gasteiger partial charge in [-0.05, 0) is 47.0 Å². The first-order chi connectivity index (χ1) is 9.38. The van der Waals surface area contributed by atoms with Crippen LogP contribution in [0.3, 0.4) is 0 Å². The Bertz CT molecular complexity index is 627. The first-order valence-corrected chi connectivity index (χ1v) is 7.43. The molecule has 1 aromatic carbocycles. The van der Waals surface area contributed by atoms with E-state index in [-0.39, 0.29) is 11.9 Å². The molecule has 20 heavy (non-hydrogen) atoms. The number of aromatic nitrogens is 2. The zero-order valence-corrected chi connectivity index (χ0v) is 13.7. The summed E-state index contributed by atoms with van der Waals surface area (Å²) in [6.45, 7) is 1.94. The number of halogens is 3. The summed E-state index contributed by atoms with van der Waals surface area (Å²) in [7, 11) is 1.89. The van der Waals surface area contributed by atoms with Crippen molar-refractivity contribution in [3.8, 4) is 0 Å². The van der Waals surface area contributed by atoms with Crippen LogP contribution in [0.4, 0.5) is 4.39 Å². The number of hydrogen-bond donors (Lipinski definition) is 1. The molecule has 108 valence electrons. The zero-order chi connectivity index (χ0) is 14.9. The van der Waals surface area contributed by atoms with Crippen LogP contribution in [0.2, 0.25) is 5.02 Å². The van der Waals surface area contributed by atoms with Gasteiger partial charge >= 0.3 is 0 Å². The molecular formula is C14H16BrClFN3. The first kappa shape index (κ1) is 15.5. The highest BCUT2D eigenvalue weighted by Crippen LogP contribution is 2.23. The molecule has 1 aromatic heterocycles. The lowest BCUT2D eigenvalue weighted by atomic mass is 10.0. The van der Waals surface area contributed by atoms with Crippen LogP contribution < -0.4 is 5.73 Å². The lowest BCUT2D eigenvalue weighted by molar-refractivity contribution is 0.607. The Balaban J connectivity index is 2.11. The normalized spacial score (nSPS) is 12.7. The van der Waals surface area contributed by atoms with E-state index in [9.17, 15) is 4.39 Å². The Morgan fingerprint density at radius 3 is 2.70 bits per heavy atom. The number of aryl methyl sites for hydroxylation is 2. The molecule has 0 aliphatic carbocycles. The molecule has 2 rings (SSSR count). The molecule has 3 nitrogen and oxygen atoms in total. The number of hydrogen-bond acceptors (Lipinski definition) is 2. The molecule has 0 aliphatic rings. The van der Waals surface area contributed by atoms with E-state index in [0.717, 1.165) is 21.4 Å². The van der Waals surface area contributed by atoms with Crippen LogP contribution >= 0.6 is 27.5 Å². The Kier molecular flexibility index (Phi) is 4.83. The Morgan fingerprint density at radius 2 is 2.15 bits per heavy atom. The molecule has 0 amide bonds. The average Bonchev–Trinajstić information content (AvgIpc) is 2.60. The van der Waals surface area contributed by atoms with Crippen LogP contribution in [0, 0.1) is 12.7 Å². The van der Waals surface area contributed by atoms with E-state index in [2.05, 4.69) is 21.0 Å². The van der Waals surface area contributed by atoms with Crippen molar-refractivity contribution in [1.29, 1.82) is 0 Å². The molecule has 1 atom stereocenters. The Labute approximate surface area is 131 Å². The highest BCUT2D eigenvalue weighted by Gasteiger charge is 2.15. The fourth-order valence-electron chi connectivity index (χ4n) is 2.19. The van der Waals surface area contributed by atoms with Gasteiger partial charge in [-0.1, -0.05) is 17.7 Å². The molecule has 0 radical (unpaired) electrons. The predicted octanol–water partition coefficient (Wildman–Crippen LogP) is 3.40. The average molecular weight is 361 g/mol. The van der Waals surface area contributed by atoms with E-state index >= 15 is 0 Å². The van der Waals surface area contributed by atoms with Crippen molar-refractivity contribution >= 4 is 27.5 Å². The molecule has 0 saturated heterocycles. The third-order valence-corrected chi connectivity index (χ3v) is 4.60. The molecule has 6 heteroatoms. The maximum absolute atomic E-state index is 13.0. The molecule has 1 heterocycles. The maximum Gasteiger partial charge on any atom is 0.124 e. The van der Waals surface area contributed by atoms with Crippen molar-refractivity contribution in [2.75, 3.05) is 0 Å². The van der Waals surface area contributed by atoms with Gasteiger partial charge in [0.05, 0.1) is 15.9 Å². The summed E-state index contributed by atoms with van der Waals surface area (Å²) in [6.07, 6.45) is 1.27. The van der Waals surface area contributed by atoms with Crippen molar-refractivity contribution in [2.24, 2.45) is 12.8 Å². The summed E-state index contributed by atoms with van der Waals surface area (Å²) < 4.78 is 15.8. The van der Waals surface area contributed by atoms with Gasteiger partial charge in [0.1, 0.15) is 5.82 Å². The van der Waals surface area contributed by atoms with Crippen molar-refractivity contribution in [3.63, 3.8) is 0 Å². The minimum absolute atomic E-state index is 0.107. The largest absolute Gasteiger partial charge is 0.327 e. The number of rotatable bonds is 4. The quantitative estimate of drug-likeness (QED) is 0.908. The SMILES string of the molecule is Cc1nn(C)c(CC(N)Cc2ccc(F)cc2Cl)c1Br. The third kappa shape index (κ3) is 3.40. The van der Waals surface area contributed by atoms with Gasteiger partial charge in [0, 0.05) is 24.5 Å². The standard InChI is InChI=1S/C14H16BrClFN3/c1-8-14(15)13(20(2)19-8)7-11(18)5-9-3-4-10(17)6-12(9)16/h3-4,6,11H,5,7,18H2,1-2H3. The van der Waals surface area contributed by atoms with Gasteiger partial charge in [-0.15, -0.1) is 0 Å². The molecule has 0 spiro atoms. The summed E-state index contributed by atoms with van der Waals surface area (Å²) in [4.78, 5) is 0. The van der Waals surface area contributed by atoms with Crippen LogP contribution in [-0.2, 0) is 19.9 Å². The van der Waals surface area contributed by atoms with E-state index in [4.69, 9.17) is 17.3 Å². The summed E-state index contributed by atoms with van der Waals surface area (Å²) in [5, 5.41) is 4.76. The molecule has 0 fully saturated rings. The van der Waals surface area contributed by atoms with Gasteiger partial charge in [0.2, 0.25) is 0 Å². The predicted molar refractivity (Wildman–Crippen MR) is 82.4 cm³/mol. The monoisotopic (exact) mass is 359 g/mol. The molecule has 2 N–H and O–H groups in total. The summed E-state index contributed by atoms with van der Waals surface area (Å²) in [5.74, 6) is -0.336. The second kappa shape index (κ2) is 6.24. The zero-order valence-electron chi connectivity index (χ0n) is 11.3. The van der Waals surface area contributed by atoms with Crippen molar-refractivity contribution < 1.29 is 4.39 Å². The van der Waals surface area contributed by atoms with Gasteiger partial charge in [-0.3, -0.25) is 4.68 Å². The molecule has 1 unspecified atom stereocenters. The van der Waals surface area contributed by atoms with Crippen LogP contribution in [0.25, 0.3) is 0 Å². The van der Waals surface area contributed by atoms with Gasteiger partial charge in [-0.25, -0.2) is 4.39 Å². The first-order valence-electron chi connectivity index (χ1n) is 6.26. The number of benzene rings is 1.